The molecule has 154 valence electrons. The third-order valence-corrected chi connectivity index (χ3v) is 5.85. The van der Waals surface area contributed by atoms with Gasteiger partial charge in [0.05, 0.1) is 42.4 Å². The predicted molar refractivity (Wildman–Crippen MR) is 114 cm³/mol. The Morgan fingerprint density at radius 3 is 2.97 bits per heavy atom. The summed E-state index contributed by atoms with van der Waals surface area (Å²) in [5.41, 5.74) is 3.43. The Labute approximate surface area is 179 Å². The second-order valence-corrected chi connectivity index (χ2v) is 7.63. The van der Waals surface area contributed by atoms with E-state index in [4.69, 9.17) is 9.47 Å². The van der Waals surface area contributed by atoms with E-state index in [1.54, 1.807) is 18.2 Å². The van der Waals surface area contributed by atoms with E-state index in [9.17, 15) is 4.79 Å². The van der Waals surface area contributed by atoms with Crippen molar-refractivity contribution < 1.29 is 14.3 Å². The Hall–Kier alpha value is -3.05. The number of rotatable bonds is 4. The van der Waals surface area contributed by atoms with Crippen molar-refractivity contribution in [3.05, 3.63) is 33.8 Å². The molecule has 30 heavy (non-hydrogen) atoms. The number of anilines is 2. The fraction of sp³-hybridized carbons (Fsp3) is 0.316. The number of H-pyrrole nitrogens is 1. The number of methoxy groups -OCH3 is 1. The van der Waals surface area contributed by atoms with Crippen molar-refractivity contribution in [3.63, 3.8) is 0 Å². The highest BCUT2D eigenvalue weighted by molar-refractivity contribution is 9.10. The van der Waals surface area contributed by atoms with Crippen LogP contribution in [0.1, 0.15) is 21.7 Å². The first-order valence-electron chi connectivity index (χ1n) is 9.39. The van der Waals surface area contributed by atoms with Gasteiger partial charge in [0.1, 0.15) is 29.2 Å². The topological polar surface area (TPSA) is 118 Å². The van der Waals surface area contributed by atoms with E-state index >= 15 is 0 Å². The smallest absolute Gasteiger partial charge is 0.271 e. The summed E-state index contributed by atoms with van der Waals surface area (Å²) in [6.07, 6.45) is 3.22. The Bertz CT molecular complexity index is 1170. The number of hydrogen-bond acceptors (Lipinski definition) is 8. The third-order valence-electron chi connectivity index (χ3n) is 5.06. The molecule has 3 aromatic rings. The monoisotopic (exact) mass is 471 g/mol. The van der Waals surface area contributed by atoms with Crippen LogP contribution in [0.5, 0.6) is 5.88 Å². The number of pyridine rings is 1. The second kappa shape index (κ2) is 7.65. The van der Waals surface area contributed by atoms with Gasteiger partial charge in [-0.25, -0.2) is 15.0 Å². The maximum Gasteiger partial charge on any atom is 0.271 e. The number of halogens is 1. The van der Waals surface area contributed by atoms with E-state index < -0.39 is 0 Å². The van der Waals surface area contributed by atoms with Crippen molar-refractivity contribution >= 4 is 50.6 Å². The Balaban J connectivity index is 1.54. The van der Waals surface area contributed by atoms with E-state index in [0.29, 0.717) is 71.4 Å². The number of fused-ring (bicyclic) bond motifs is 2. The summed E-state index contributed by atoms with van der Waals surface area (Å²) < 4.78 is 11.4. The van der Waals surface area contributed by atoms with Gasteiger partial charge in [0.2, 0.25) is 5.88 Å². The zero-order chi connectivity index (χ0) is 20.7. The van der Waals surface area contributed by atoms with Crippen molar-refractivity contribution in [2.45, 2.75) is 6.54 Å². The number of hydrogen-bond donors (Lipinski definition) is 2. The lowest BCUT2D eigenvalue weighted by Gasteiger charge is -2.26. The van der Waals surface area contributed by atoms with Crippen LogP contribution >= 0.6 is 15.9 Å². The second-order valence-electron chi connectivity index (χ2n) is 6.84. The molecule has 0 saturated carbocycles. The fourth-order valence-electron chi connectivity index (χ4n) is 3.54. The summed E-state index contributed by atoms with van der Waals surface area (Å²) >= 11 is 3.57. The Kier molecular flexibility index (Phi) is 4.83. The van der Waals surface area contributed by atoms with Crippen LogP contribution in [0.15, 0.2) is 21.9 Å². The first-order chi connectivity index (χ1) is 14.7. The number of ether oxygens (including phenoxy) is 2. The quantitative estimate of drug-likeness (QED) is 0.598. The van der Waals surface area contributed by atoms with Crippen LogP contribution in [-0.4, -0.2) is 70.4 Å². The molecule has 0 aliphatic carbocycles. The summed E-state index contributed by atoms with van der Waals surface area (Å²) in [5.74, 6) is 0.864. The van der Waals surface area contributed by atoms with Gasteiger partial charge in [-0.1, -0.05) is 0 Å². The van der Waals surface area contributed by atoms with Crippen molar-refractivity contribution in [2.24, 2.45) is 4.99 Å². The van der Waals surface area contributed by atoms with Crippen LogP contribution in [0.3, 0.4) is 0 Å². The largest absolute Gasteiger partial charge is 0.480 e. The highest BCUT2D eigenvalue weighted by Crippen LogP contribution is 2.36. The Morgan fingerprint density at radius 1 is 1.33 bits per heavy atom. The summed E-state index contributed by atoms with van der Waals surface area (Å²) in [6.45, 7) is 2.71. The van der Waals surface area contributed by atoms with Gasteiger partial charge in [-0.05, 0) is 22.0 Å². The van der Waals surface area contributed by atoms with Crippen LogP contribution in [0.25, 0.3) is 11.0 Å². The number of morpholine rings is 1. The highest BCUT2D eigenvalue weighted by Gasteiger charge is 2.26. The first kappa shape index (κ1) is 18.9. The average Bonchev–Trinajstić information content (AvgIpc) is 3.37. The van der Waals surface area contributed by atoms with Crippen molar-refractivity contribution in [1.29, 1.82) is 0 Å². The lowest BCUT2D eigenvalue weighted by Crippen LogP contribution is -2.40. The molecule has 5 rings (SSSR count). The minimum atomic E-state index is -0.109. The van der Waals surface area contributed by atoms with E-state index in [0.717, 1.165) is 11.3 Å². The maximum atomic E-state index is 13.0. The number of carbonyl (C=O) groups is 1. The zero-order valence-electron chi connectivity index (χ0n) is 16.1. The number of aliphatic imine (C=N–C) groups is 1. The number of aromatic nitrogens is 4. The van der Waals surface area contributed by atoms with Gasteiger partial charge in [-0.3, -0.25) is 9.79 Å². The third kappa shape index (κ3) is 3.19. The van der Waals surface area contributed by atoms with Crippen molar-refractivity contribution in [1.82, 2.24) is 24.8 Å². The maximum absolute atomic E-state index is 13.0. The normalized spacial score (nSPS) is 15.5. The number of nitrogens with zero attached hydrogens (tertiary/aromatic N) is 5. The molecule has 10 nitrogen and oxygen atoms in total. The zero-order valence-corrected chi connectivity index (χ0v) is 17.7. The molecule has 3 aromatic heterocycles. The number of carbonyl (C=O) groups excluding carboxylic acids is 1. The molecule has 1 amide bonds. The molecule has 2 aliphatic rings. The minimum absolute atomic E-state index is 0.109. The van der Waals surface area contributed by atoms with Gasteiger partial charge in [0.25, 0.3) is 5.91 Å². The standard InChI is InChI=1S/C19H18BrN7O3/c1-29-18-11(6-10-7-21-8-12(10)25-18)24-16-13-14(20)15(26-17(13)23-9-22-16)19(28)27-2-4-30-5-3-27/h6-7,9H,2-5,8H2,1H3,(H2,22,23,24,26). The molecule has 0 spiro atoms. The molecule has 5 heterocycles. The van der Waals surface area contributed by atoms with Crippen LogP contribution in [0, 0.1) is 0 Å². The van der Waals surface area contributed by atoms with Gasteiger partial charge in [-0.15, -0.1) is 0 Å². The van der Waals surface area contributed by atoms with Crippen LogP contribution in [0.4, 0.5) is 11.5 Å². The molecule has 0 bridgehead atoms. The van der Waals surface area contributed by atoms with E-state index in [1.807, 2.05) is 6.07 Å². The fourth-order valence-corrected chi connectivity index (χ4v) is 4.19. The number of amides is 1. The van der Waals surface area contributed by atoms with Crippen molar-refractivity contribution in [3.8, 4) is 5.88 Å². The summed E-state index contributed by atoms with van der Waals surface area (Å²) in [7, 11) is 1.57. The Morgan fingerprint density at radius 2 is 2.17 bits per heavy atom. The minimum Gasteiger partial charge on any atom is -0.480 e. The van der Waals surface area contributed by atoms with Gasteiger partial charge in [0, 0.05) is 24.9 Å². The molecule has 1 saturated heterocycles. The summed E-state index contributed by atoms with van der Waals surface area (Å²) in [5, 5.41) is 3.95. The van der Waals surface area contributed by atoms with E-state index in [1.165, 1.54) is 6.33 Å². The predicted octanol–water partition coefficient (Wildman–Crippen LogP) is 2.27. The molecular formula is C19H18BrN7O3. The molecule has 0 atom stereocenters. The molecule has 11 heteroatoms. The number of nitrogens with one attached hydrogen (secondary N) is 2. The molecule has 0 aromatic carbocycles. The lowest BCUT2D eigenvalue weighted by atomic mass is 10.2. The molecular weight excluding hydrogens is 454 g/mol. The highest BCUT2D eigenvalue weighted by atomic mass is 79.9. The lowest BCUT2D eigenvalue weighted by molar-refractivity contribution is 0.0299. The molecule has 0 radical (unpaired) electrons. The van der Waals surface area contributed by atoms with Gasteiger partial charge in [0.15, 0.2) is 0 Å². The molecule has 1 fully saturated rings. The van der Waals surface area contributed by atoms with Crippen molar-refractivity contribution in [2.75, 3.05) is 38.7 Å². The van der Waals surface area contributed by atoms with Gasteiger partial charge >= 0.3 is 0 Å². The summed E-state index contributed by atoms with van der Waals surface area (Å²) in [4.78, 5) is 35.3. The van der Waals surface area contributed by atoms with Crippen LogP contribution in [-0.2, 0) is 11.3 Å². The van der Waals surface area contributed by atoms with Crippen LogP contribution < -0.4 is 10.1 Å². The van der Waals surface area contributed by atoms with E-state index in [-0.39, 0.29) is 5.91 Å². The first-order valence-corrected chi connectivity index (χ1v) is 10.2. The van der Waals surface area contributed by atoms with Crippen LogP contribution in [0.2, 0.25) is 0 Å². The van der Waals surface area contributed by atoms with Gasteiger partial charge in [-0.2, -0.15) is 0 Å². The molecule has 2 N–H and O–H groups in total. The van der Waals surface area contributed by atoms with Gasteiger partial charge < -0.3 is 24.7 Å². The molecule has 0 unspecified atom stereocenters. The number of aromatic amines is 1. The van der Waals surface area contributed by atoms with E-state index in [2.05, 4.69) is 46.2 Å². The molecule has 2 aliphatic heterocycles. The SMILES string of the molecule is COc1nc2c(cc1Nc1ncnc3[nH]c(C(=O)N4CCOCC4)c(Br)c13)C=NC2. The summed E-state index contributed by atoms with van der Waals surface area (Å²) in [6, 6.07) is 1.92. The average molecular weight is 472 g/mol.